The molecule has 0 unspecified atom stereocenters. The maximum Gasteiger partial charge on any atom is 0.0663 e. The molecule has 1 aromatic carbocycles. The summed E-state index contributed by atoms with van der Waals surface area (Å²) in [6, 6.07) is 12.1. The Hall–Kier alpha value is -1.75. The Labute approximate surface area is 78.7 Å². The van der Waals surface area contributed by atoms with E-state index in [0.717, 1.165) is 5.69 Å². The van der Waals surface area contributed by atoms with Gasteiger partial charge in [0.2, 0.25) is 0 Å². The molecule has 0 fully saturated rings. The van der Waals surface area contributed by atoms with Gasteiger partial charge in [0.05, 0.1) is 12.5 Å². The molecular weight excluding hydrogens is 160 g/mol. The normalized spacial score (nSPS) is 9.85. The Kier molecular flexibility index (Phi) is 3.59. The number of hydrogen-bond acceptors (Lipinski definition) is 2. The van der Waals surface area contributed by atoms with Crippen molar-refractivity contribution in [3.05, 3.63) is 42.6 Å². The quantitative estimate of drug-likeness (QED) is 0.700. The van der Waals surface area contributed by atoms with Crippen LogP contribution in [-0.4, -0.2) is 7.05 Å². The molecule has 0 spiro atoms. The zero-order valence-electron chi connectivity index (χ0n) is 7.64. The molecule has 0 heterocycles. The lowest BCUT2D eigenvalue weighted by Gasteiger charge is -2.12. The van der Waals surface area contributed by atoms with Gasteiger partial charge >= 0.3 is 0 Å². The third kappa shape index (κ3) is 3.00. The van der Waals surface area contributed by atoms with Crippen molar-refractivity contribution in [3.63, 3.8) is 0 Å². The highest BCUT2D eigenvalue weighted by Gasteiger charge is 1.92. The maximum absolute atomic E-state index is 8.33. The van der Waals surface area contributed by atoms with Crippen LogP contribution in [-0.2, 0) is 0 Å². The number of rotatable bonds is 3. The highest BCUT2D eigenvalue weighted by atomic mass is 15.1. The van der Waals surface area contributed by atoms with E-state index >= 15 is 0 Å². The molecule has 0 aliphatic rings. The van der Waals surface area contributed by atoms with Crippen molar-refractivity contribution in [2.75, 3.05) is 11.9 Å². The van der Waals surface area contributed by atoms with Gasteiger partial charge in [-0.25, -0.2) is 0 Å². The first-order valence-corrected chi connectivity index (χ1v) is 4.16. The third-order valence-electron chi connectivity index (χ3n) is 1.70. The van der Waals surface area contributed by atoms with E-state index in [4.69, 9.17) is 5.26 Å². The molecule has 1 rings (SSSR count). The van der Waals surface area contributed by atoms with E-state index in [9.17, 15) is 0 Å². The van der Waals surface area contributed by atoms with E-state index in [2.05, 4.69) is 6.07 Å². The molecule has 0 aliphatic carbocycles. The summed E-state index contributed by atoms with van der Waals surface area (Å²) in [5.74, 6) is 0. The largest absolute Gasteiger partial charge is 0.351 e. The Balaban J connectivity index is 2.60. The van der Waals surface area contributed by atoms with Crippen molar-refractivity contribution in [2.24, 2.45) is 0 Å². The molecule has 13 heavy (non-hydrogen) atoms. The zero-order chi connectivity index (χ0) is 9.52. The van der Waals surface area contributed by atoms with Gasteiger partial charge in [-0.1, -0.05) is 24.3 Å². The lowest BCUT2D eigenvalue weighted by atomic mass is 10.3. The van der Waals surface area contributed by atoms with E-state index in [1.54, 1.807) is 0 Å². The van der Waals surface area contributed by atoms with E-state index in [1.807, 2.05) is 54.6 Å². The second kappa shape index (κ2) is 5.00. The van der Waals surface area contributed by atoms with Gasteiger partial charge in [0.15, 0.2) is 0 Å². The van der Waals surface area contributed by atoms with Crippen LogP contribution in [0.4, 0.5) is 5.69 Å². The molecule has 0 aliphatic heterocycles. The van der Waals surface area contributed by atoms with Gasteiger partial charge < -0.3 is 4.90 Å². The molecule has 2 nitrogen and oxygen atoms in total. The summed E-state index contributed by atoms with van der Waals surface area (Å²) in [5, 5.41) is 8.33. The SMILES string of the molecule is CN(C=CCC#N)c1ccccc1. The van der Waals surface area contributed by atoms with Crippen molar-refractivity contribution in [2.45, 2.75) is 6.42 Å². The first kappa shape index (κ1) is 9.34. The fraction of sp³-hybridized carbons (Fsp3) is 0.182. The molecule has 2 heteroatoms. The van der Waals surface area contributed by atoms with E-state index < -0.39 is 0 Å². The monoisotopic (exact) mass is 172 g/mol. The first-order chi connectivity index (χ1) is 6.34. The number of para-hydroxylation sites is 1. The second-order valence-corrected chi connectivity index (χ2v) is 2.69. The van der Waals surface area contributed by atoms with Crippen molar-refractivity contribution >= 4 is 5.69 Å². The van der Waals surface area contributed by atoms with Gasteiger partial charge in [-0.05, 0) is 12.1 Å². The van der Waals surface area contributed by atoms with Crippen LogP contribution in [0.5, 0.6) is 0 Å². The minimum atomic E-state index is 0.456. The zero-order valence-corrected chi connectivity index (χ0v) is 7.64. The Bertz CT molecular complexity index is 309. The average Bonchev–Trinajstić information content (AvgIpc) is 2.19. The minimum Gasteiger partial charge on any atom is -0.351 e. The lowest BCUT2D eigenvalue weighted by Crippen LogP contribution is -2.06. The smallest absolute Gasteiger partial charge is 0.0663 e. The summed E-state index contributed by atoms with van der Waals surface area (Å²) in [7, 11) is 1.96. The van der Waals surface area contributed by atoms with Gasteiger partial charge in [0.1, 0.15) is 0 Å². The average molecular weight is 172 g/mol. The molecule has 0 aromatic heterocycles. The number of benzene rings is 1. The van der Waals surface area contributed by atoms with Crippen LogP contribution in [0.15, 0.2) is 42.6 Å². The number of hydrogen-bond donors (Lipinski definition) is 0. The molecule has 0 amide bonds. The van der Waals surface area contributed by atoms with Crippen molar-refractivity contribution in [3.8, 4) is 6.07 Å². The molecule has 0 bridgehead atoms. The lowest BCUT2D eigenvalue weighted by molar-refractivity contribution is 1.18. The first-order valence-electron chi connectivity index (χ1n) is 4.16. The molecule has 0 radical (unpaired) electrons. The number of anilines is 1. The summed E-state index contributed by atoms with van der Waals surface area (Å²) in [6.07, 6.45) is 4.20. The van der Waals surface area contributed by atoms with Crippen LogP contribution in [0.3, 0.4) is 0 Å². The Morgan fingerprint density at radius 3 is 2.69 bits per heavy atom. The topological polar surface area (TPSA) is 27.0 Å². The van der Waals surface area contributed by atoms with E-state index in [0.29, 0.717) is 6.42 Å². The van der Waals surface area contributed by atoms with Gasteiger partial charge in [-0.3, -0.25) is 0 Å². The molecule has 1 aromatic rings. The fourth-order valence-electron chi connectivity index (χ4n) is 1.01. The van der Waals surface area contributed by atoms with E-state index in [1.165, 1.54) is 0 Å². The van der Waals surface area contributed by atoms with Gasteiger partial charge in [0, 0.05) is 18.9 Å². The van der Waals surface area contributed by atoms with Crippen LogP contribution in [0, 0.1) is 11.3 Å². The standard InChI is InChI=1S/C11H12N2/c1-13(10-6-5-9-12)11-7-3-2-4-8-11/h2-4,6-8,10H,5H2,1H3. The molecule has 0 atom stereocenters. The second-order valence-electron chi connectivity index (χ2n) is 2.69. The van der Waals surface area contributed by atoms with Crippen LogP contribution in [0.2, 0.25) is 0 Å². The molecule has 0 saturated heterocycles. The summed E-state index contributed by atoms with van der Waals surface area (Å²) in [6.45, 7) is 0. The van der Waals surface area contributed by atoms with Gasteiger partial charge in [0.25, 0.3) is 0 Å². The number of allylic oxidation sites excluding steroid dienone is 1. The number of nitrogens with zero attached hydrogens (tertiary/aromatic N) is 2. The van der Waals surface area contributed by atoms with Gasteiger partial charge in [-0.15, -0.1) is 0 Å². The van der Waals surface area contributed by atoms with Gasteiger partial charge in [-0.2, -0.15) is 5.26 Å². The number of nitriles is 1. The molecule has 0 saturated carbocycles. The summed E-state index contributed by atoms with van der Waals surface area (Å²) < 4.78 is 0. The fourth-order valence-corrected chi connectivity index (χ4v) is 1.01. The predicted molar refractivity (Wildman–Crippen MR) is 54.2 cm³/mol. The third-order valence-corrected chi connectivity index (χ3v) is 1.70. The van der Waals surface area contributed by atoms with Crippen molar-refractivity contribution in [1.29, 1.82) is 5.26 Å². The van der Waals surface area contributed by atoms with Crippen LogP contribution in [0.25, 0.3) is 0 Å². The molecule has 66 valence electrons. The maximum atomic E-state index is 8.33. The highest BCUT2D eigenvalue weighted by molar-refractivity contribution is 5.47. The summed E-state index contributed by atoms with van der Waals surface area (Å²) >= 11 is 0. The Morgan fingerprint density at radius 1 is 1.38 bits per heavy atom. The molecular formula is C11H12N2. The highest BCUT2D eigenvalue weighted by Crippen LogP contribution is 2.10. The molecule has 0 N–H and O–H groups in total. The van der Waals surface area contributed by atoms with Crippen LogP contribution < -0.4 is 4.90 Å². The Morgan fingerprint density at radius 2 is 2.08 bits per heavy atom. The van der Waals surface area contributed by atoms with E-state index in [-0.39, 0.29) is 0 Å². The summed E-state index contributed by atoms with van der Waals surface area (Å²) in [5.41, 5.74) is 1.12. The minimum absolute atomic E-state index is 0.456. The summed E-state index contributed by atoms with van der Waals surface area (Å²) in [4.78, 5) is 1.98. The van der Waals surface area contributed by atoms with Crippen LogP contribution >= 0.6 is 0 Å². The van der Waals surface area contributed by atoms with Crippen molar-refractivity contribution < 1.29 is 0 Å². The predicted octanol–water partition coefficient (Wildman–Crippen LogP) is 2.55. The van der Waals surface area contributed by atoms with Crippen molar-refractivity contribution in [1.82, 2.24) is 0 Å². The van der Waals surface area contributed by atoms with Crippen LogP contribution in [0.1, 0.15) is 6.42 Å².